The molecule has 0 spiro atoms. The van der Waals surface area contributed by atoms with Gasteiger partial charge in [-0.25, -0.2) is 4.79 Å². The molecule has 1 N–H and O–H groups in total. The molecule has 0 fully saturated rings. The fourth-order valence-corrected chi connectivity index (χ4v) is 1.84. The van der Waals surface area contributed by atoms with Gasteiger partial charge in [-0.1, -0.05) is 17.3 Å². The Morgan fingerprint density at radius 3 is 3.06 bits per heavy atom. The second-order valence-electron chi connectivity index (χ2n) is 3.77. The highest BCUT2D eigenvalue weighted by molar-refractivity contribution is 5.86. The molecule has 0 amide bonds. The number of nitrogens with zero attached hydrogens (tertiary/aromatic N) is 1. The van der Waals surface area contributed by atoms with E-state index in [0.717, 1.165) is 16.9 Å². The minimum Gasteiger partial charge on any atom is -0.475 e. The minimum atomic E-state index is -1.15. The smallest absolute Gasteiger partial charge is 0.374 e. The van der Waals surface area contributed by atoms with Crippen LogP contribution in [0.5, 0.6) is 5.75 Å². The summed E-state index contributed by atoms with van der Waals surface area (Å²) in [4.78, 5) is 10.8. The lowest BCUT2D eigenvalue weighted by Gasteiger charge is -2.19. The summed E-state index contributed by atoms with van der Waals surface area (Å²) in [6, 6.07) is 6.85. The van der Waals surface area contributed by atoms with E-state index < -0.39 is 5.97 Å². The van der Waals surface area contributed by atoms with Crippen LogP contribution in [0.4, 0.5) is 0 Å². The van der Waals surface area contributed by atoms with Gasteiger partial charge in [0, 0.05) is 17.2 Å². The van der Waals surface area contributed by atoms with Gasteiger partial charge in [0.2, 0.25) is 5.76 Å². The highest BCUT2D eigenvalue weighted by atomic mass is 16.7. The standard InChI is InChI=1S/C12H9NO5/c14-12(15)11-4-9(13-18-11)7-2-1-3-10-8(7)5-16-6-17-10/h1-4H,5-6H2,(H,14,15). The number of rotatable bonds is 2. The van der Waals surface area contributed by atoms with Gasteiger partial charge in [-0.2, -0.15) is 0 Å². The van der Waals surface area contributed by atoms with Crippen molar-refractivity contribution in [3.63, 3.8) is 0 Å². The molecule has 1 aromatic carbocycles. The molecule has 1 aliphatic rings. The maximum absolute atomic E-state index is 10.8. The van der Waals surface area contributed by atoms with Crippen molar-refractivity contribution in [2.45, 2.75) is 6.61 Å². The summed E-state index contributed by atoms with van der Waals surface area (Å²) in [7, 11) is 0. The van der Waals surface area contributed by atoms with Crippen LogP contribution >= 0.6 is 0 Å². The number of hydrogen-bond acceptors (Lipinski definition) is 5. The van der Waals surface area contributed by atoms with Crippen molar-refractivity contribution in [1.29, 1.82) is 0 Å². The Bertz CT molecular complexity index is 604. The van der Waals surface area contributed by atoms with Gasteiger partial charge >= 0.3 is 5.97 Å². The molecule has 0 bridgehead atoms. The van der Waals surface area contributed by atoms with Gasteiger partial charge in [-0.3, -0.25) is 0 Å². The van der Waals surface area contributed by atoms with E-state index in [2.05, 4.69) is 5.16 Å². The second-order valence-corrected chi connectivity index (χ2v) is 3.77. The number of carbonyl (C=O) groups is 1. The molecule has 0 atom stereocenters. The van der Waals surface area contributed by atoms with Gasteiger partial charge in [0.15, 0.2) is 6.79 Å². The Labute approximate surface area is 102 Å². The largest absolute Gasteiger partial charge is 0.475 e. The molecule has 0 saturated heterocycles. The van der Waals surface area contributed by atoms with Gasteiger partial charge in [0.1, 0.15) is 11.4 Å². The zero-order valence-electron chi connectivity index (χ0n) is 9.25. The third-order valence-corrected chi connectivity index (χ3v) is 2.67. The summed E-state index contributed by atoms with van der Waals surface area (Å²) < 4.78 is 15.3. The molecule has 0 saturated carbocycles. The molecule has 1 aromatic heterocycles. The van der Waals surface area contributed by atoms with E-state index in [0.29, 0.717) is 12.3 Å². The predicted octanol–water partition coefficient (Wildman–Crippen LogP) is 1.91. The van der Waals surface area contributed by atoms with Crippen LogP contribution in [-0.2, 0) is 11.3 Å². The van der Waals surface area contributed by atoms with Crippen LogP contribution in [0.25, 0.3) is 11.3 Å². The van der Waals surface area contributed by atoms with Gasteiger partial charge in [0.25, 0.3) is 0 Å². The average Bonchev–Trinajstić information content (AvgIpc) is 2.87. The second kappa shape index (κ2) is 4.15. The maximum Gasteiger partial charge on any atom is 0.374 e. The SMILES string of the molecule is O=C(O)c1cc(-c2cccc3c2COCO3)no1. The number of carboxylic acid groups (broad SMARTS) is 1. The Morgan fingerprint density at radius 1 is 1.39 bits per heavy atom. The lowest BCUT2D eigenvalue weighted by molar-refractivity contribution is -0.0160. The van der Waals surface area contributed by atoms with Gasteiger partial charge in [-0.15, -0.1) is 0 Å². The van der Waals surface area contributed by atoms with Crippen LogP contribution in [0.1, 0.15) is 16.1 Å². The van der Waals surface area contributed by atoms with E-state index in [1.54, 1.807) is 0 Å². The number of ether oxygens (including phenoxy) is 2. The fraction of sp³-hybridized carbons (Fsp3) is 0.167. The molecule has 0 aliphatic carbocycles. The van der Waals surface area contributed by atoms with Gasteiger partial charge in [0.05, 0.1) is 6.61 Å². The molecular formula is C12H9NO5. The highest BCUT2D eigenvalue weighted by Gasteiger charge is 2.19. The van der Waals surface area contributed by atoms with Crippen LogP contribution in [0.2, 0.25) is 0 Å². The van der Waals surface area contributed by atoms with E-state index >= 15 is 0 Å². The number of aromatic nitrogens is 1. The van der Waals surface area contributed by atoms with E-state index in [-0.39, 0.29) is 12.6 Å². The Morgan fingerprint density at radius 2 is 2.28 bits per heavy atom. The molecule has 1 aliphatic heterocycles. The fourth-order valence-electron chi connectivity index (χ4n) is 1.84. The van der Waals surface area contributed by atoms with Crippen molar-refractivity contribution >= 4 is 5.97 Å². The third kappa shape index (κ3) is 1.72. The van der Waals surface area contributed by atoms with Crippen LogP contribution < -0.4 is 4.74 Å². The van der Waals surface area contributed by atoms with Gasteiger partial charge in [-0.05, 0) is 6.07 Å². The number of benzene rings is 1. The van der Waals surface area contributed by atoms with Crippen molar-refractivity contribution < 1.29 is 23.9 Å². The normalized spacial score (nSPS) is 13.8. The van der Waals surface area contributed by atoms with Gasteiger partial charge < -0.3 is 19.1 Å². The summed E-state index contributed by atoms with van der Waals surface area (Å²) in [5.74, 6) is -0.620. The van der Waals surface area contributed by atoms with Crippen molar-refractivity contribution in [2.75, 3.05) is 6.79 Å². The topological polar surface area (TPSA) is 81.8 Å². The van der Waals surface area contributed by atoms with Crippen molar-refractivity contribution in [1.82, 2.24) is 5.16 Å². The van der Waals surface area contributed by atoms with Crippen LogP contribution in [0.3, 0.4) is 0 Å². The number of carboxylic acids is 1. The lowest BCUT2D eigenvalue weighted by atomic mass is 10.0. The molecule has 6 nitrogen and oxygen atoms in total. The molecule has 3 rings (SSSR count). The first-order valence-electron chi connectivity index (χ1n) is 5.28. The Balaban J connectivity index is 2.08. The summed E-state index contributed by atoms with van der Waals surface area (Å²) in [5.41, 5.74) is 2.05. The Kier molecular flexibility index (Phi) is 2.49. The van der Waals surface area contributed by atoms with E-state index in [4.69, 9.17) is 19.1 Å². The molecule has 92 valence electrons. The summed E-state index contributed by atoms with van der Waals surface area (Å²) in [6.45, 7) is 0.621. The van der Waals surface area contributed by atoms with E-state index in [1.807, 2.05) is 18.2 Å². The minimum absolute atomic E-state index is 0.194. The zero-order chi connectivity index (χ0) is 12.5. The first-order valence-corrected chi connectivity index (χ1v) is 5.28. The number of hydrogen-bond donors (Lipinski definition) is 1. The molecule has 0 radical (unpaired) electrons. The van der Waals surface area contributed by atoms with Crippen LogP contribution in [-0.4, -0.2) is 23.0 Å². The van der Waals surface area contributed by atoms with E-state index in [1.165, 1.54) is 6.07 Å². The molecular weight excluding hydrogens is 238 g/mol. The lowest BCUT2D eigenvalue weighted by Crippen LogP contribution is -2.12. The van der Waals surface area contributed by atoms with E-state index in [9.17, 15) is 4.79 Å². The molecule has 0 unspecified atom stereocenters. The Hall–Kier alpha value is -2.34. The summed E-state index contributed by atoms with van der Waals surface area (Å²) >= 11 is 0. The highest BCUT2D eigenvalue weighted by Crippen LogP contribution is 2.33. The first kappa shape index (κ1) is 10.8. The maximum atomic E-state index is 10.8. The molecule has 6 heteroatoms. The van der Waals surface area contributed by atoms with Crippen LogP contribution in [0, 0.1) is 0 Å². The summed E-state index contributed by atoms with van der Waals surface area (Å²) in [5, 5.41) is 12.5. The number of fused-ring (bicyclic) bond motifs is 1. The predicted molar refractivity (Wildman–Crippen MR) is 59.2 cm³/mol. The number of aromatic carboxylic acids is 1. The first-order chi connectivity index (χ1) is 8.75. The molecule has 2 aromatic rings. The third-order valence-electron chi connectivity index (χ3n) is 2.67. The van der Waals surface area contributed by atoms with Crippen molar-refractivity contribution in [2.24, 2.45) is 0 Å². The monoisotopic (exact) mass is 247 g/mol. The molecule has 2 heterocycles. The van der Waals surface area contributed by atoms with Crippen molar-refractivity contribution in [3.8, 4) is 17.0 Å². The summed E-state index contributed by atoms with van der Waals surface area (Å²) in [6.07, 6.45) is 0. The average molecular weight is 247 g/mol. The van der Waals surface area contributed by atoms with Crippen molar-refractivity contribution in [3.05, 3.63) is 35.6 Å². The quantitative estimate of drug-likeness (QED) is 0.872. The molecule has 18 heavy (non-hydrogen) atoms. The van der Waals surface area contributed by atoms with Crippen LogP contribution in [0.15, 0.2) is 28.8 Å². The zero-order valence-corrected chi connectivity index (χ0v) is 9.25.